The molecule has 0 aromatic heterocycles. The standard InChI is InChI=1S/C10H25NSi2/c1-3-8-11(13-9(2)12)10-6-4-5-7-10/h9-10H,3-8,13H2,1-2,12H3. The molecule has 0 amide bonds. The Labute approximate surface area is 88.6 Å². The Morgan fingerprint density at radius 2 is 2.08 bits per heavy atom. The highest BCUT2D eigenvalue weighted by Crippen LogP contribution is 2.23. The normalized spacial score (nSPS) is 22.4. The molecule has 13 heavy (non-hydrogen) atoms. The van der Waals surface area contributed by atoms with Gasteiger partial charge in [-0.15, -0.1) is 0 Å². The van der Waals surface area contributed by atoms with Crippen LogP contribution in [0.5, 0.6) is 0 Å². The Morgan fingerprint density at radius 3 is 2.54 bits per heavy atom. The average Bonchev–Trinajstić information content (AvgIpc) is 2.54. The molecule has 0 heterocycles. The Morgan fingerprint density at radius 1 is 1.46 bits per heavy atom. The van der Waals surface area contributed by atoms with E-state index in [4.69, 9.17) is 0 Å². The predicted molar refractivity (Wildman–Crippen MR) is 67.2 cm³/mol. The van der Waals surface area contributed by atoms with Crippen molar-refractivity contribution in [1.29, 1.82) is 0 Å². The van der Waals surface area contributed by atoms with E-state index < -0.39 is 0 Å². The summed E-state index contributed by atoms with van der Waals surface area (Å²) in [6, 6.07) is 1.00. The Hall–Kier alpha value is 0.394. The van der Waals surface area contributed by atoms with Crippen LogP contribution >= 0.6 is 0 Å². The van der Waals surface area contributed by atoms with Crippen molar-refractivity contribution < 1.29 is 0 Å². The molecule has 1 aliphatic carbocycles. The number of nitrogens with zero attached hydrogens (tertiary/aromatic N) is 1. The van der Waals surface area contributed by atoms with Crippen molar-refractivity contribution in [2.75, 3.05) is 6.54 Å². The van der Waals surface area contributed by atoms with E-state index in [9.17, 15) is 0 Å². The highest BCUT2D eigenvalue weighted by atomic mass is 28.3. The van der Waals surface area contributed by atoms with Gasteiger partial charge in [-0.1, -0.05) is 31.9 Å². The van der Waals surface area contributed by atoms with Crippen LogP contribution in [0.25, 0.3) is 0 Å². The number of hydrogen-bond acceptors (Lipinski definition) is 1. The third-order valence-electron chi connectivity index (χ3n) is 2.95. The lowest BCUT2D eigenvalue weighted by molar-refractivity contribution is 0.333. The number of hydrogen-bond donors (Lipinski definition) is 0. The third kappa shape index (κ3) is 3.96. The summed E-state index contributed by atoms with van der Waals surface area (Å²) < 4.78 is 2.89. The SMILES string of the molecule is CCCN([SiH2]C(C)[SiH3])C1CCCC1. The second-order valence-corrected chi connectivity index (χ2v) is 11.2. The van der Waals surface area contributed by atoms with E-state index in [0.29, 0.717) is 0 Å². The summed E-state index contributed by atoms with van der Waals surface area (Å²) >= 11 is 0. The number of rotatable bonds is 5. The summed E-state index contributed by atoms with van der Waals surface area (Å²) in [7, 11) is 1.53. The fraction of sp³-hybridized carbons (Fsp3) is 1.00. The summed E-state index contributed by atoms with van der Waals surface area (Å²) in [5.74, 6) is 0. The largest absolute Gasteiger partial charge is 0.326 e. The lowest BCUT2D eigenvalue weighted by Crippen LogP contribution is -2.38. The summed E-state index contributed by atoms with van der Waals surface area (Å²) in [4.78, 5) is 0. The fourth-order valence-electron chi connectivity index (χ4n) is 2.45. The second kappa shape index (κ2) is 5.99. The van der Waals surface area contributed by atoms with Crippen LogP contribution in [0.2, 0.25) is 5.16 Å². The molecule has 1 aliphatic rings. The van der Waals surface area contributed by atoms with Gasteiger partial charge in [0.1, 0.15) is 0 Å². The summed E-state index contributed by atoms with van der Waals surface area (Å²) in [6.45, 7) is 6.17. The Balaban J connectivity index is 2.35. The molecule has 0 aromatic carbocycles. The minimum absolute atomic E-state index is 0.115. The molecule has 3 heteroatoms. The summed E-state index contributed by atoms with van der Waals surface area (Å²) in [5, 5.41) is 1.10. The zero-order valence-corrected chi connectivity index (χ0v) is 13.0. The van der Waals surface area contributed by atoms with Crippen LogP contribution in [0.4, 0.5) is 0 Å². The lowest BCUT2D eigenvalue weighted by Gasteiger charge is -2.29. The van der Waals surface area contributed by atoms with Crippen molar-refractivity contribution in [3.05, 3.63) is 0 Å². The van der Waals surface area contributed by atoms with Crippen LogP contribution in [0, 0.1) is 0 Å². The first-order chi connectivity index (χ1) is 6.24. The molecule has 78 valence electrons. The zero-order chi connectivity index (χ0) is 9.68. The van der Waals surface area contributed by atoms with Crippen LogP contribution in [-0.4, -0.2) is 37.1 Å². The van der Waals surface area contributed by atoms with Crippen LogP contribution in [0.15, 0.2) is 0 Å². The fourth-order valence-corrected chi connectivity index (χ4v) is 5.96. The molecule has 1 atom stereocenters. The third-order valence-corrected chi connectivity index (χ3v) is 6.08. The second-order valence-electron chi connectivity index (χ2n) is 4.83. The van der Waals surface area contributed by atoms with Gasteiger partial charge >= 0.3 is 0 Å². The zero-order valence-electron chi connectivity index (χ0n) is 9.55. The van der Waals surface area contributed by atoms with Crippen molar-refractivity contribution in [2.24, 2.45) is 0 Å². The quantitative estimate of drug-likeness (QED) is 0.615. The lowest BCUT2D eigenvalue weighted by atomic mass is 10.2. The van der Waals surface area contributed by atoms with Gasteiger partial charge < -0.3 is 4.57 Å². The van der Waals surface area contributed by atoms with Gasteiger partial charge in [0.2, 0.25) is 0 Å². The van der Waals surface area contributed by atoms with Crippen molar-refractivity contribution in [1.82, 2.24) is 4.57 Å². The van der Waals surface area contributed by atoms with Crippen LogP contribution < -0.4 is 0 Å². The molecule has 1 fully saturated rings. The van der Waals surface area contributed by atoms with E-state index in [1.54, 1.807) is 0 Å². The van der Waals surface area contributed by atoms with Gasteiger partial charge in [0.25, 0.3) is 0 Å². The summed E-state index contributed by atoms with van der Waals surface area (Å²) in [5.41, 5.74) is 0. The average molecular weight is 215 g/mol. The van der Waals surface area contributed by atoms with Gasteiger partial charge in [-0.3, -0.25) is 0 Å². The first-order valence-corrected chi connectivity index (χ1v) is 8.58. The van der Waals surface area contributed by atoms with E-state index in [-0.39, 0.29) is 9.68 Å². The van der Waals surface area contributed by atoms with Crippen LogP contribution in [-0.2, 0) is 0 Å². The molecule has 0 aromatic rings. The van der Waals surface area contributed by atoms with E-state index >= 15 is 0 Å². The molecular weight excluding hydrogens is 190 g/mol. The molecule has 0 N–H and O–H groups in total. The first kappa shape index (κ1) is 11.5. The maximum atomic E-state index is 2.89. The predicted octanol–water partition coefficient (Wildman–Crippen LogP) is 0.856. The van der Waals surface area contributed by atoms with E-state index in [1.165, 1.54) is 48.9 Å². The van der Waals surface area contributed by atoms with Crippen LogP contribution in [0.1, 0.15) is 46.0 Å². The first-order valence-electron chi connectivity index (χ1n) is 5.98. The van der Waals surface area contributed by atoms with Gasteiger partial charge in [-0.05, 0) is 25.8 Å². The molecule has 0 radical (unpaired) electrons. The maximum Gasteiger partial charge on any atom is 0.0948 e. The molecule has 1 saturated carbocycles. The Bertz CT molecular complexity index is 133. The van der Waals surface area contributed by atoms with Crippen molar-refractivity contribution >= 4 is 19.9 Å². The van der Waals surface area contributed by atoms with Gasteiger partial charge in [-0.2, -0.15) is 0 Å². The van der Waals surface area contributed by atoms with Crippen molar-refractivity contribution in [2.45, 2.75) is 57.2 Å². The minimum atomic E-state index is 0.115. The van der Waals surface area contributed by atoms with Crippen molar-refractivity contribution in [3.8, 4) is 0 Å². The topological polar surface area (TPSA) is 3.24 Å². The van der Waals surface area contributed by atoms with Crippen LogP contribution in [0.3, 0.4) is 0 Å². The maximum absolute atomic E-state index is 2.89. The van der Waals surface area contributed by atoms with Crippen molar-refractivity contribution in [3.63, 3.8) is 0 Å². The molecule has 0 saturated heterocycles. The van der Waals surface area contributed by atoms with Gasteiger partial charge in [0.15, 0.2) is 0 Å². The molecule has 1 nitrogen and oxygen atoms in total. The monoisotopic (exact) mass is 215 g/mol. The molecule has 0 aliphatic heterocycles. The summed E-state index contributed by atoms with van der Waals surface area (Å²) in [6.07, 6.45) is 7.35. The molecule has 0 spiro atoms. The Kier molecular flexibility index (Phi) is 5.28. The van der Waals surface area contributed by atoms with E-state index in [1.807, 2.05) is 0 Å². The molecule has 1 rings (SSSR count). The van der Waals surface area contributed by atoms with E-state index in [2.05, 4.69) is 18.4 Å². The highest BCUT2D eigenvalue weighted by Gasteiger charge is 2.21. The molecule has 1 unspecified atom stereocenters. The highest BCUT2D eigenvalue weighted by molar-refractivity contribution is 6.47. The smallest absolute Gasteiger partial charge is 0.0948 e. The van der Waals surface area contributed by atoms with Gasteiger partial charge in [0.05, 0.1) is 9.68 Å². The van der Waals surface area contributed by atoms with Gasteiger partial charge in [0, 0.05) is 16.3 Å². The minimum Gasteiger partial charge on any atom is -0.326 e. The van der Waals surface area contributed by atoms with E-state index in [0.717, 1.165) is 11.2 Å². The molecular formula is C10H25NSi2. The van der Waals surface area contributed by atoms with Gasteiger partial charge in [-0.25, -0.2) is 0 Å². The molecule has 0 bridgehead atoms.